The van der Waals surface area contributed by atoms with Crippen LogP contribution < -0.4 is 10.6 Å². The summed E-state index contributed by atoms with van der Waals surface area (Å²) in [5.41, 5.74) is 3.22. The Morgan fingerprint density at radius 1 is 1.00 bits per heavy atom. The van der Waals surface area contributed by atoms with Crippen LogP contribution in [0.2, 0.25) is 5.02 Å². The molecule has 24 heavy (non-hydrogen) atoms. The summed E-state index contributed by atoms with van der Waals surface area (Å²) in [6, 6.07) is 16.6. The number of aromatic nitrogens is 2. The van der Waals surface area contributed by atoms with Gasteiger partial charge in [0.05, 0.1) is 6.20 Å². The Kier molecular flexibility index (Phi) is 4.28. The Balaban J connectivity index is 1.77. The van der Waals surface area contributed by atoms with Gasteiger partial charge in [0.1, 0.15) is 5.02 Å². The molecule has 3 aromatic rings. The summed E-state index contributed by atoms with van der Waals surface area (Å²) < 4.78 is 0. The number of hydrogen-bond acceptors (Lipinski definition) is 5. The molecule has 0 aliphatic carbocycles. The minimum atomic E-state index is 0.488. The Hall–Kier alpha value is -2.24. The van der Waals surface area contributed by atoms with Crippen LogP contribution in [0.25, 0.3) is 0 Å². The van der Waals surface area contributed by atoms with Crippen LogP contribution in [-0.4, -0.2) is 15.7 Å². The van der Waals surface area contributed by atoms with Crippen LogP contribution in [0.5, 0.6) is 0 Å². The lowest BCUT2D eigenvalue weighted by Crippen LogP contribution is -2.02. The second-order valence-corrected chi connectivity index (χ2v) is 7.04. The molecule has 2 aromatic carbocycles. The van der Waals surface area contributed by atoms with Crippen molar-refractivity contribution in [2.75, 3.05) is 16.4 Å². The maximum Gasteiger partial charge on any atom is 0.229 e. The lowest BCUT2D eigenvalue weighted by Gasteiger charge is -2.13. The molecule has 6 bridgehead atoms. The van der Waals surface area contributed by atoms with Gasteiger partial charge in [-0.1, -0.05) is 29.8 Å². The number of fused-ring (bicyclic) bond motifs is 6. The van der Waals surface area contributed by atoms with Crippen molar-refractivity contribution in [3.63, 3.8) is 0 Å². The quantitative estimate of drug-likeness (QED) is 0.576. The third kappa shape index (κ3) is 3.47. The van der Waals surface area contributed by atoms with Crippen LogP contribution in [0.15, 0.2) is 59.6 Å². The predicted molar refractivity (Wildman–Crippen MR) is 101 cm³/mol. The molecule has 1 aliphatic rings. The average molecular weight is 355 g/mol. The molecule has 0 saturated heterocycles. The third-order valence-corrected chi connectivity index (χ3v) is 4.96. The SMILES string of the molecule is Clc1cnc2nc1Nc1cccc(c1)CCSc1cccc(c1)N2. The molecule has 120 valence electrons. The van der Waals surface area contributed by atoms with Gasteiger partial charge in [-0.05, 0) is 42.3 Å². The molecule has 4 nitrogen and oxygen atoms in total. The van der Waals surface area contributed by atoms with Crippen molar-refractivity contribution in [1.82, 2.24) is 9.97 Å². The van der Waals surface area contributed by atoms with E-state index in [4.69, 9.17) is 11.6 Å². The monoisotopic (exact) mass is 354 g/mol. The fourth-order valence-electron chi connectivity index (χ4n) is 2.54. The van der Waals surface area contributed by atoms with Crippen LogP contribution >= 0.6 is 23.4 Å². The zero-order valence-electron chi connectivity index (χ0n) is 12.8. The summed E-state index contributed by atoms with van der Waals surface area (Å²) in [6.07, 6.45) is 2.61. The Bertz CT molecular complexity index is 884. The summed E-state index contributed by atoms with van der Waals surface area (Å²) in [7, 11) is 0. The van der Waals surface area contributed by atoms with Crippen LogP contribution in [-0.2, 0) is 6.42 Å². The lowest BCUT2D eigenvalue weighted by molar-refractivity contribution is 1.14. The highest BCUT2D eigenvalue weighted by atomic mass is 35.5. The molecular formula is C18H15ClN4S. The van der Waals surface area contributed by atoms with E-state index in [1.807, 2.05) is 36.0 Å². The average Bonchev–Trinajstić information content (AvgIpc) is 2.58. The molecule has 0 radical (unpaired) electrons. The maximum atomic E-state index is 6.24. The molecule has 0 saturated carbocycles. The van der Waals surface area contributed by atoms with E-state index in [2.05, 4.69) is 44.9 Å². The van der Waals surface area contributed by atoms with E-state index in [9.17, 15) is 0 Å². The number of nitrogens with zero attached hydrogens (tertiary/aromatic N) is 2. The molecule has 0 fully saturated rings. The van der Waals surface area contributed by atoms with Gasteiger partial charge in [0, 0.05) is 22.0 Å². The largest absolute Gasteiger partial charge is 0.339 e. The molecule has 0 atom stereocenters. The standard InChI is InChI=1S/C18H15ClN4S/c19-16-11-20-18-22-14-5-2-6-15(10-14)24-8-7-12-3-1-4-13(9-12)21-17(16)23-18/h1-6,9-11H,7-8H2,(H2,20,21,22,23). The summed E-state index contributed by atoms with van der Waals surface area (Å²) in [6.45, 7) is 0. The van der Waals surface area contributed by atoms with Crippen molar-refractivity contribution in [1.29, 1.82) is 0 Å². The first kappa shape index (κ1) is 15.3. The molecule has 4 rings (SSSR count). The molecule has 2 N–H and O–H groups in total. The maximum absolute atomic E-state index is 6.24. The first-order valence-electron chi connectivity index (χ1n) is 7.65. The highest BCUT2D eigenvalue weighted by molar-refractivity contribution is 7.99. The lowest BCUT2D eigenvalue weighted by atomic mass is 10.1. The van der Waals surface area contributed by atoms with E-state index in [-0.39, 0.29) is 0 Å². The van der Waals surface area contributed by atoms with Gasteiger partial charge in [0.2, 0.25) is 5.95 Å². The number of thioether (sulfide) groups is 1. The van der Waals surface area contributed by atoms with Crippen molar-refractivity contribution in [3.05, 3.63) is 65.3 Å². The fraction of sp³-hybridized carbons (Fsp3) is 0.111. The van der Waals surface area contributed by atoms with E-state index in [0.29, 0.717) is 16.8 Å². The first-order valence-corrected chi connectivity index (χ1v) is 9.01. The molecule has 6 heteroatoms. The number of halogens is 1. The summed E-state index contributed by atoms with van der Waals surface area (Å²) in [5, 5.41) is 7.01. The van der Waals surface area contributed by atoms with Crippen LogP contribution in [0.3, 0.4) is 0 Å². The first-order chi connectivity index (χ1) is 11.8. The molecule has 1 aromatic heterocycles. The molecule has 2 heterocycles. The number of nitrogens with one attached hydrogen (secondary N) is 2. The van der Waals surface area contributed by atoms with Gasteiger partial charge >= 0.3 is 0 Å². The van der Waals surface area contributed by atoms with Crippen molar-refractivity contribution in [3.8, 4) is 0 Å². The van der Waals surface area contributed by atoms with Gasteiger partial charge in [-0.2, -0.15) is 4.98 Å². The number of hydrogen-bond donors (Lipinski definition) is 2. The highest BCUT2D eigenvalue weighted by Gasteiger charge is 2.08. The number of benzene rings is 2. The van der Waals surface area contributed by atoms with E-state index in [0.717, 1.165) is 23.5 Å². The molecule has 1 aliphatic heterocycles. The number of rotatable bonds is 0. The normalized spacial score (nSPS) is 13.4. The minimum Gasteiger partial charge on any atom is -0.339 e. The fourth-order valence-corrected chi connectivity index (χ4v) is 3.63. The minimum absolute atomic E-state index is 0.488. The van der Waals surface area contributed by atoms with Crippen molar-refractivity contribution < 1.29 is 0 Å². The predicted octanol–water partition coefficient (Wildman–Crippen LogP) is 5.27. The van der Waals surface area contributed by atoms with Crippen LogP contribution in [0, 0.1) is 0 Å². The van der Waals surface area contributed by atoms with Gasteiger partial charge in [-0.3, -0.25) is 0 Å². The van der Waals surface area contributed by atoms with Crippen molar-refractivity contribution >= 4 is 46.5 Å². The Morgan fingerprint density at radius 2 is 1.83 bits per heavy atom. The molecular weight excluding hydrogens is 340 g/mol. The zero-order valence-corrected chi connectivity index (χ0v) is 14.4. The smallest absolute Gasteiger partial charge is 0.229 e. The Morgan fingerprint density at radius 3 is 2.75 bits per heavy atom. The molecule has 0 amide bonds. The van der Waals surface area contributed by atoms with Crippen molar-refractivity contribution in [2.45, 2.75) is 11.3 Å². The second kappa shape index (κ2) is 6.71. The van der Waals surface area contributed by atoms with Gasteiger partial charge in [0.15, 0.2) is 5.82 Å². The number of aryl methyl sites for hydroxylation is 1. The van der Waals surface area contributed by atoms with Crippen LogP contribution in [0.4, 0.5) is 23.1 Å². The van der Waals surface area contributed by atoms with Crippen LogP contribution in [0.1, 0.15) is 5.56 Å². The van der Waals surface area contributed by atoms with Gasteiger partial charge in [-0.15, -0.1) is 11.8 Å². The summed E-state index contributed by atoms with van der Waals surface area (Å²) >= 11 is 8.08. The van der Waals surface area contributed by atoms with E-state index in [1.165, 1.54) is 10.5 Å². The highest BCUT2D eigenvalue weighted by Crippen LogP contribution is 2.28. The van der Waals surface area contributed by atoms with E-state index in [1.54, 1.807) is 6.20 Å². The van der Waals surface area contributed by atoms with Gasteiger partial charge in [-0.25, -0.2) is 4.98 Å². The van der Waals surface area contributed by atoms with Crippen molar-refractivity contribution in [2.24, 2.45) is 0 Å². The van der Waals surface area contributed by atoms with E-state index >= 15 is 0 Å². The third-order valence-electron chi connectivity index (χ3n) is 3.68. The van der Waals surface area contributed by atoms with Gasteiger partial charge < -0.3 is 10.6 Å². The Labute approximate surface area is 149 Å². The van der Waals surface area contributed by atoms with Gasteiger partial charge in [0.25, 0.3) is 0 Å². The number of anilines is 4. The summed E-state index contributed by atoms with van der Waals surface area (Å²) in [5.74, 6) is 2.13. The molecule has 0 unspecified atom stereocenters. The second-order valence-electron chi connectivity index (χ2n) is 5.47. The van der Waals surface area contributed by atoms with E-state index < -0.39 is 0 Å². The summed E-state index contributed by atoms with van der Waals surface area (Å²) in [4.78, 5) is 9.98. The topological polar surface area (TPSA) is 49.8 Å². The molecule has 0 spiro atoms. The zero-order chi connectivity index (χ0) is 16.4.